The number of ether oxygens (including phenoxy) is 1. The van der Waals surface area contributed by atoms with Gasteiger partial charge in [-0.25, -0.2) is 4.98 Å². The molecule has 7 nitrogen and oxygen atoms in total. The van der Waals surface area contributed by atoms with Crippen LogP contribution >= 0.6 is 27.5 Å². The van der Waals surface area contributed by atoms with Gasteiger partial charge in [-0.05, 0) is 48.9 Å². The van der Waals surface area contributed by atoms with Gasteiger partial charge in [0, 0.05) is 15.2 Å². The monoisotopic (exact) mass is 434 g/mol. The highest BCUT2D eigenvalue weighted by atomic mass is 79.9. The Morgan fingerprint density at radius 3 is 2.62 bits per heavy atom. The van der Waals surface area contributed by atoms with Crippen LogP contribution in [0.2, 0.25) is 5.02 Å². The lowest BCUT2D eigenvalue weighted by molar-refractivity contribution is -0.385. The molecule has 9 heteroatoms. The van der Waals surface area contributed by atoms with Gasteiger partial charge in [-0.3, -0.25) is 10.1 Å². The summed E-state index contributed by atoms with van der Waals surface area (Å²) >= 11 is 9.42. The summed E-state index contributed by atoms with van der Waals surface area (Å²) in [7, 11) is 0. The number of nitro groups is 1. The molecule has 0 aliphatic heterocycles. The molecule has 0 spiro atoms. The van der Waals surface area contributed by atoms with Crippen molar-refractivity contribution in [2.75, 3.05) is 5.32 Å². The third-order valence-electron chi connectivity index (χ3n) is 3.52. The van der Waals surface area contributed by atoms with Crippen LogP contribution in [0.25, 0.3) is 0 Å². The Morgan fingerprint density at radius 2 is 1.92 bits per heavy atom. The number of aromatic nitrogens is 2. The van der Waals surface area contributed by atoms with Gasteiger partial charge in [0.05, 0.1) is 4.92 Å². The zero-order valence-corrected chi connectivity index (χ0v) is 15.8. The second-order valence-corrected chi connectivity index (χ2v) is 6.55. The van der Waals surface area contributed by atoms with Crippen molar-refractivity contribution < 1.29 is 9.66 Å². The van der Waals surface area contributed by atoms with Gasteiger partial charge in [-0.2, -0.15) is 4.98 Å². The Morgan fingerprint density at radius 1 is 1.19 bits per heavy atom. The summed E-state index contributed by atoms with van der Waals surface area (Å²) in [5.74, 6) is 0.275. The molecule has 0 saturated heterocycles. The SMILES string of the molecule is Cc1c(Cl)cccc1Nc1ncnc(Oc2ccc(Br)cc2)c1[N+](=O)[O-]. The van der Waals surface area contributed by atoms with E-state index in [4.69, 9.17) is 16.3 Å². The Hall–Kier alpha value is -2.71. The molecule has 0 unspecified atom stereocenters. The Labute approximate surface area is 162 Å². The van der Waals surface area contributed by atoms with Crippen molar-refractivity contribution in [3.8, 4) is 11.6 Å². The summed E-state index contributed by atoms with van der Waals surface area (Å²) in [6, 6.07) is 12.1. The number of hydrogen-bond donors (Lipinski definition) is 1. The predicted molar refractivity (Wildman–Crippen MR) is 102 cm³/mol. The topological polar surface area (TPSA) is 90.2 Å². The zero-order valence-electron chi connectivity index (χ0n) is 13.4. The molecule has 3 aromatic rings. The van der Waals surface area contributed by atoms with Crippen LogP contribution in [0.5, 0.6) is 11.6 Å². The average Bonchev–Trinajstić information content (AvgIpc) is 2.61. The van der Waals surface area contributed by atoms with E-state index in [1.807, 2.05) is 0 Å². The summed E-state index contributed by atoms with van der Waals surface area (Å²) in [6.45, 7) is 1.80. The van der Waals surface area contributed by atoms with Gasteiger partial charge >= 0.3 is 11.6 Å². The molecule has 2 aromatic carbocycles. The van der Waals surface area contributed by atoms with E-state index in [0.717, 1.165) is 10.0 Å². The average molecular weight is 436 g/mol. The number of rotatable bonds is 5. The van der Waals surface area contributed by atoms with E-state index in [1.165, 1.54) is 6.33 Å². The number of anilines is 2. The van der Waals surface area contributed by atoms with Crippen molar-refractivity contribution in [2.24, 2.45) is 0 Å². The first-order chi connectivity index (χ1) is 12.5. The molecule has 0 bridgehead atoms. The van der Waals surface area contributed by atoms with Crippen molar-refractivity contribution in [3.63, 3.8) is 0 Å². The third kappa shape index (κ3) is 3.92. The Balaban J connectivity index is 1.99. The second kappa shape index (κ2) is 7.67. The van der Waals surface area contributed by atoms with E-state index in [2.05, 4.69) is 31.2 Å². The Bertz CT molecular complexity index is 967. The van der Waals surface area contributed by atoms with Crippen molar-refractivity contribution in [1.82, 2.24) is 9.97 Å². The van der Waals surface area contributed by atoms with Gasteiger partial charge in [0.1, 0.15) is 12.1 Å². The number of nitrogens with zero attached hydrogens (tertiary/aromatic N) is 3. The van der Waals surface area contributed by atoms with Gasteiger partial charge in [0.15, 0.2) is 0 Å². The van der Waals surface area contributed by atoms with Crippen molar-refractivity contribution in [3.05, 3.63) is 74.0 Å². The lowest BCUT2D eigenvalue weighted by Crippen LogP contribution is -2.04. The number of hydrogen-bond acceptors (Lipinski definition) is 6. The molecule has 1 aromatic heterocycles. The normalized spacial score (nSPS) is 10.4. The maximum atomic E-state index is 11.6. The van der Waals surface area contributed by atoms with Crippen molar-refractivity contribution >= 4 is 44.7 Å². The smallest absolute Gasteiger partial charge is 0.373 e. The predicted octanol–water partition coefficient (Wildman–Crippen LogP) is 5.65. The minimum atomic E-state index is -0.587. The number of benzene rings is 2. The van der Waals surface area contributed by atoms with Gasteiger partial charge in [0.25, 0.3) is 0 Å². The molecule has 26 heavy (non-hydrogen) atoms. The van der Waals surface area contributed by atoms with Crippen molar-refractivity contribution in [1.29, 1.82) is 0 Å². The second-order valence-electron chi connectivity index (χ2n) is 5.23. The third-order valence-corrected chi connectivity index (χ3v) is 4.46. The van der Waals surface area contributed by atoms with E-state index in [9.17, 15) is 10.1 Å². The quantitative estimate of drug-likeness (QED) is 0.412. The molecule has 0 radical (unpaired) electrons. The molecule has 0 atom stereocenters. The molecular formula is C17H12BrClN4O3. The molecule has 1 heterocycles. The molecule has 0 aliphatic rings. The molecule has 1 N–H and O–H groups in total. The maximum Gasteiger partial charge on any atom is 0.373 e. The lowest BCUT2D eigenvalue weighted by Gasteiger charge is -2.11. The molecule has 132 valence electrons. The molecule has 0 aliphatic carbocycles. The molecule has 0 saturated carbocycles. The molecule has 3 rings (SSSR count). The first-order valence-electron chi connectivity index (χ1n) is 7.40. The maximum absolute atomic E-state index is 11.6. The van der Waals surface area contributed by atoms with Crippen LogP contribution in [-0.4, -0.2) is 14.9 Å². The minimum absolute atomic E-state index is 0.0162. The Kier molecular flexibility index (Phi) is 5.34. The van der Waals surface area contributed by atoms with Gasteiger partial charge in [-0.15, -0.1) is 0 Å². The van der Waals surface area contributed by atoms with Crippen molar-refractivity contribution in [2.45, 2.75) is 6.92 Å². The molecule has 0 amide bonds. The van der Waals surface area contributed by atoms with Gasteiger partial charge < -0.3 is 10.1 Å². The van der Waals surface area contributed by atoms with E-state index in [0.29, 0.717) is 16.5 Å². The van der Waals surface area contributed by atoms with Crippen LogP contribution in [-0.2, 0) is 0 Å². The van der Waals surface area contributed by atoms with Crippen LogP contribution in [0.3, 0.4) is 0 Å². The summed E-state index contributed by atoms with van der Waals surface area (Å²) < 4.78 is 6.44. The summed E-state index contributed by atoms with van der Waals surface area (Å²) in [5.41, 5.74) is 0.987. The number of nitrogens with one attached hydrogen (secondary N) is 1. The lowest BCUT2D eigenvalue weighted by atomic mass is 10.2. The first kappa shape index (κ1) is 18.1. The van der Waals surface area contributed by atoms with E-state index < -0.39 is 4.92 Å². The van der Waals surface area contributed by atoms with Gasteiger partial charge in [0.2, 0.25) is 5.82 Å². The molecule has 0 fully saturated rings. The molecular weight excluding hydrogens is 424 g/mol. The zero-order chi connectivity index (χ0) is 18.7. The minimum Gasteiger partial charge on any atom is -0.434 e. The summed E-state index contributed by atoms with van der Waals surface area (Å²) in [4.78, 5) is 18.9. The highest BCUT2D eigenvalue weighted by Crippen LogP contribution is 2.36. The fourth-order valence-corrected chi connectivity index (χ4v) is 2.62. The standard InChI is InChI=1S/C17H12BrClN4O3/c1-10-13(19)3-2-4-14(10)22-16-15(23(24)25)17(21-9-20-16)26-12-7-5-11(18)6-8-12/h2-9H,1H3,(H,20,21,22). The highest BCUT2D eigenvalue weighted by Gasteiger charge is 2.25. The van der Waals surface area contributed by atoms with Gasteiger partial charge in [-0.1, -0.05) is 33.6 Å². The van der Waals surface area contributed by atoms with Crippen LogP contribution < -0.4 is 10.1 Å². The van der Waals surface area contributed by atoms with E-state index >= 15 is 0 Å². The first-order valence-corrected chi connectivity index (χ1v) is 8.57. The van der Waals surface area contributed by atoms with Crippen LogP contribution in [0.1, 0.15) is 5.56 Å². The number of halogens is 2. The summed E-state index contributed by atoms with van der Waals surface area (Å²) in [5, 5.41) is 15.1. The van der Waals surface area contributed by atoms with Crippen LogP contribution in [0.15, 0.2) is 53.3 Å². The van der Waals surface area contributed by atoms with Crippen LogP contribution in [0, 0.1) is 17.0 Å². The fraction of sp³-hybridized carbons (Fsp3) is 0.0588. The van der Waals surface area contributed by atoms with Crippen LogP contribution in [0.4, 0.5) is 17.2 Å². The van der Waals surface area contributed by atoms with E-state index in [-0.39, 0.29) is 17.4 Å². The highest BCUT2D eigenvalue weighted by molar-refractivity contribution is 9.10. The van der Waals surface area contributed by atoms with E-state index in [1.54, 1.807) is 49.4 Å². The summed E-state index contributed by atoms with van der Waals surface area (Å²) in [6.07, 6.45) is 1.20. The largest absolute Gasteiger partial charge is 0.434 e. The fourth-order valence-electron chi connectivity index (χ4n) is 2.18.